The quantitative estimate of drug-likeness (QED) is 0.723. The molecule has 0 saturated heterocycles. The van der Waals surface area contributed by atoms with Crippen LogP contribution in [0.4, 0.5) is 0 Å². The molecule has 3 nitrogen and oxygen atoms in total. The first kappa shape index (κ1) is 15.0. The fourth-order valence-corrected chi connectivity index (χ4v) is 3.31. The molecule has 2 aromatic carbocycles. The van der Waals surface area contributed by atoms with Crippen LogP contribution in [0.1, 0.15) is 30.4 Å². The molecule has 1 N–H and O–H groups in total. The molecule has 122 valence electrons. The minimum Gasteiger partial charge on any atom is -0.361 e. The van der Waals surface area contributed by atoms with Crippen molar-refractivity contribution >= 4 is 16.8 Å². The molecule has 1 aliphatic rings. The van der Waals surface area contributed by atoms with Crippen LogP contribution in [-0.2, 0) is 17.8 Å². The Morgan fingerprint density at radius 3 is 2.58 bits per heavy atom. The molecule has 0 aliphatic heterocycles. The number of nitrogens with one attached hydrogen (secondary N) is 1. The zero-order chi connectivity index (χ0) is 16.4. The van der Waals surface area contributed by atoms with Gasteiger partial charge in [-0.15, -0.1) is 0 Å². The van der Waals surface area contributed by atoms with Gasteiger partial charge in [0.1, 0.15) is 0 Å². The molecule has 1 saturated carbocycles. The van der Waals surface area contributed by atoms with E-state index in [2.05, 4.69) is 34.1 Å². The summed E-state index contributed by atoms with van der Waals surface area (Å²) in [6.07, 6.45) is 5.69. The Kier molecular flexibility index (Phi) is 4.08. The van der Waals surface area contributed by atoms with Gasteiger partial charge in [-0.2, -0.15) is 0 Å². The number of nitrogens with zero attached hydrogens (tertiary/aromatic N) is 1. The van der Waals surface area contributed by atoms with Crippen LogP contribution >= 0.6 is 0 Å². The molecular weight excluding hydrogens is 296 g/mol. The van der Waals surface area contributed by atoms with Gasteiger partial charge in [-0.25, -0.2) is 0 Å². The van der Waals surface area contributed by atoms with E-state index < -0.39 is 0 Å². The van der Waals surface area contributed by atoms with E-state index >= 15 is 0 Å². The van der Waals surface area contributed by atoms with Crippen molar-refractivity contribution in [1.29, 1.82) is 0 Å². The smallest absolute Gasteiger partial charge is 0.223 e. The number of aromatic amines is 1. The maximum absolute atomic E-state index is 12.8. The lowest BCUT2D eigenvalue weighted by molar-refractivity contribution is -0.132. The maximum atomic E-state index is 12.8. The number of hydrogen-bond donors (Lipinski definition) is 1. The summed E-state index contributed by atoms with van der Waals surface area (Å²) in [4.78, 5) is 18.1. The SMILES string of the molecule is O=C(CCc1c[nH]c2ccccc12)N(Cc1ccccc1)C1CC1. The Balaban J connectivity index is 1.44. The summed E-state index contributed by atoms with van der Waals surface area (Å²) in [7, 11) is 0. The molecule has 1 aliphatic carbocycles. The van der Waals surface area contributed by atoms with Crippen molar-refractivity contribution in [3.05, 3.63) is 71.9 Å². The monoisotopic (exact) mass is 318 g/mol. The third kappa shape index (κ3) is 3.21. The summed E-state index contributed by atoms with van der Waals surface area (Å²) < 4.78 is 0. The molecule has 0 atom stereocenters. The number of aryl methyl sites for hydroxylation is 1. The molecule has 3 aromatic rings. The van der Waals surface area contributed by atoms with Gasteiger partial charge in [0.25, 0.3) is 0 Å². The van der Waals surface area contributed by atoms with Crippen molar-refractivity contribution in [1.82, 2.24) is 9.88 Å². The van der Waals surface area contributed by atoms with E-state index in [1.165, 1.54) is 16.5 Å². The highest BCUT2D eigenvalue weighted by atomic mass is 16.2. The second kappa shape index (κ2) is 6.52. The van der Waals surface area contributed by atoms with Gasteiger partial charge in [0.2, 0.25) is 5.91 Å². The molecular formula is C21H22N2O. The number of benzene rings is 2. The van der Waals surface area contributed by atoms with Gasteiger partial charge in [-0.3, -0.25) is 4.79 Å². The van der Waals surface area contributed by atoms with Crippen LogP contribution in [0.2, 0.25) is 0 Å². The van der Waals surface area contributed by atoms with E-state index in [1.807, 2.05) is 36.5 Å². The second-order valence-corrected chi connectivity index (χ2v) is 6.60. The predicted molar refractivity (Wildman–Crippen MR) is 96.6 cm³/mol. The topological polar surface area (TPSA) is 36.1 Å². The molecule has 0 bridgehead atoms. The first-order chi connectivity index (χ1) is 11.8. The molecule has 3 heteroatoms. The summed E-state index contributed by atoms with van der Waals surface area (Å²) in [5, 5.41) is 1.23. The van der Waals surface area contributed by atoms with Crippen molar-refractivity contribution in [2.45, 2.75) is 38.3 Å². The van der Waals surface area contributed by atoms with Crippen LogP contribution in [0.5, 0.6) is 0 Å². The number of rotatable bonds is 6. The van der Waals surface area contributed by atoms with Crippen LogP contribution in [-0.4, -0.2) is 21.8 Å². The van der Waals surface area contributed by atoms with E-state index in [4.69, 9.17) is 0 Å². The van der Waals surface area contributed by atoms with E-state index in [0.29, 0.717) is 12.5 Å². The van der Waals surface area contributed by atoms with Crippen LogP contribution in [0.25, 0.3) is 10.9 Å². The van der Waals surface area contributed by atoms with Gasteiger partial charge in [-0.05, 0) is 36.5 Å². The number of aromatic nitrogens is 1. The molecule has 0 unspecified atom stereocenters. The van der Waals surface area contributed by atoms with E-state index in [9.17, 15) is 4.79 Å². The first-order valence-electron chi connectivity index (χ1n) is 8.69. The highest BCUT2D eigenvalue weighted by molar-refractivity contribution is 5.84. The zero-order valence-electron chi connectivity index (χ0n) is 13.7. The molecule has 1 aromatic heterocycles. The number of amides is 1. The van der Waals surface area contributed by atoms with E-state index in [1.54, 1.807) is 0 Å². The number of fused-ring (bicyclic) bond motifs is 1. The van der Waals surface area contributed by atoms with Gasteiger partial charge in [0, 0.05) is 36.1 Å². The lowest BCUT2D eigenvalue weighted by Crippen LogP contribution is -2.32. The predicted octanol–water partition coefficient (Wildman–Crippen LogP) is 4.29. The Labute approximate surface area is 142 Å². The lowest BCUT2D eigenvalue weighted by atomic mass is 10.1. The Hall–Kier alpha value is -2.55. The van der Waals surface area contributed by atoms with Crippen LogP contribution < -0.4 is 0 Å². The molecule has 1 amide bonds. The summed E-state index contributed by atoms with van der Waals surface area (Å²) in [5.74, 6) is 0.270. The summed E-state index contributed by atoms with van der Waals surface area (Å²) in [6.45, 7) is 0.734. The Morgan fingerprint density at radius 2 is 1.79 bits per heavy atom. The van der Waals surface area contributed by atoms with Crippen molar-refractivity contribution in [2.75, 3.05) is 0 Å². The molecule has 24 heavy (non-hydrogen) atoms. The molecule has 0 radical (unpaired) electrons. The van der Waals surface area contributed by atoms with Crippen LogP contribution in [0, 0.1) is 0 Å². The normalized spacial score (nSPS) is 14.0. The van der Waals surface area contributed by atoms with E-state index in [0.717, 1.165) is 31.3 Å². The second-order valence-electron chi connectivity index (χ2n) is 6.60. The molecule has 1 heterocycles. The Morgan fingerprint density at radius 1 is 1.04 bits per heavy atom. The minimum absolute atomic E-state index is 0.270. The summed E-state index contributed by atoms with van der Waals surface area (Å²) >= 11 is 0. The largest absolute Gasteiger partial charge is 0.361 e. The molecule has 4 rings (SSSR count). The number of para-hydroxylation sites is 1. The third-order valence-electron chi connectivity index (χ3n) is 4.79. The highest BCUT2D eigenvalue weighted by Crippen LogP contribution is 2.29. The third-order valence-corrected chi connectivity index (χ3v) is 4.79. The van der Waals surface area contributed by atoms with Gasteiger partial charge >= 0.3 is 0 Å². The fraction of sp³-hybridized carbons (Fsp3) is 0.286. The van der Waals surface area contributed by atoms with Crippen molar-refractivity contribution < 1.29 is 4.79 Å². The highest BCUT2D eigenvalue weighted by Gasteiger charge is 2.32. The number of carbonyl (C=O) groups is 1. The number of hydrogen-bond acceptors (Lipinski definition) is 1. The van der Waals surface area contributed by atoms with Gasteiger partial charge in [0.05, 0.1) is 0 Å². The average Bonchev–Trinajstić information content (AvgIpc) is 3.38. The molecule has 1 fully saturated rings. The van der Waals surface area contributed by atoms with Crippen LogP contribution in [0.15, 0.2) is 60.8 Å². The van der Waals surface area contributed by atoms with Gasteiger partial charge < -0.3 is 9.88 Å². The van der Waals surface area contributed by atoms with Gasteiger partial charge in [-0.1, -0.05) is 48.5 Å². The minimum atomic E-state index is 0.270. The van der Waals surface area contributed by atoms with Crippen molar-refractivity contribution in [3.63, 3.8) is 0 Å². The maximum Gasteiger partial charge on any atom is 0.223 e. The van der Waals surface area contributed by atoms with Gasteiger partial charge in [0.15, 0.2) is 0 Å². The molecule has 0 spiro atoms. The van der Waals surface area contributed by atoms with Crippen LogP contribution in [0.3, 0.4) is 0 Å². The van der Waals surface area contributed by atoms with E-state index in [-0.39, 0.29) is 5.91 Å². The van der Waals surface area contributed by atoms with Crippen molar-refractivity contribution in [3.8, 4) is 0 Å². The number of H-pyrrole nitrogens is 1. The number of carbonyl (C=O) groups excluding carboxylic acids is 1. The standard InChI is InChI=1S/C21H22N2O/c24-21(13-10-17-14-22-20-9-5-4-8-19(17)20)23(18-11-12-18)15-16-6-2-1-3-7-16/h1-9,14,18,22H,10-13,15H2. The first-order valence-corrected chi connectivity index (χ1v) is 8.69. The Bertz CT molecular complexity index is 833. The summed E-state index contributed by atoms with van der Waals surface area (Å²) in [5.41, 5.74) is 3.59. The lowest BCUT2D eigenvalue weighted by Gasteiger charge is -2.22. The van der Waals surface area contributed by atoms with Crippen molar-refractivity contribution in [2.24, 2.45) is 0 Å². The summed E-state index contributed by atoms with van der Waals surface area (Å²) in [6, 6.07) is 19.0. The fourth-order valence-electron chi connectivity index (χ4n) is 3.31. The average molecular weight is 318 g/mol. The zero-order valence-corrected chi connectivity index (χ0v) is 13.7.